The van der Waals surface area contributed by atoms with Crippen LogP contribution < -0.4 is 0 Å². The van der Waals surface area contributed by atoms with E-state index in [-0.39, 0.29) is 5.91 Å². The first kappa shape index (κ1) is 13.3. The van der Waals surface area contributed by atoms with Crippen molar-refractivity contribution in [1.29, 1.82) is 0 Å². The van der Waals surface area contributed by atoms with E-state index < -0.39 is 0 Å². The molecule has 98 valence electrons. The van der Waals surface area contributed by atoms with Gasteiger partial charge in [-0.3, -0.25) is 9.78 Å². The van der Waals surface area contributed by atoms with Crippen molar-refractivity contribution in [3.8, 4) is 0 Å². The number of ether oxygens (including phenoxy) is 1. The number of pyridine rings is 1. The van der Waals surface area contributed by atoms with Crippen molar-refractivity contribution in [2.75, 3.05) is 26.8 Å². The number of amides is 1. The highest BCUT2D eigenvalue weighted by Crippen LogP contribution is 2.18. The number of halogens is 1. The minimum Gasteiger partial charge on any atom is -0.381 e. The zero-order chi connectivity index (χ0) is 13.0. The maximum absolute atomic E-state index is 12.2. The maximum atomic E-state index is 12.2. The SMILES string of the molecule is CN(CC1CCCOC1)C(=O)c1ccncc1Cl. The smallest absolute Gasteiger partial charge is 0.255 e. The molecule has 1 amide bonds. The fourth-order valence-corrected chi connectivity index (χ4v) is 2.38. The molecule has 0 spiro atoms. The van der Waals surface area contributed by atoms with Gasteiger partial charge in [-0.25, -0.2) is 0 Å². The monoisotopic (exact) mass is 268 g/mol. The van der Waals surface area contributed by atoms with Gasteiger partial charge in [-0.05, 0) is 24.8 Å². The number of rotatable bonds is 3. The fraction of sp³-hybridized carbons (Fsp3) is 0.538. The lowest BCUT2D eigenvalue weighted by Gasteiger charge is -2.27. The summed E-state index contributed by atoms with van der Waals surface area (Å²) < 4.78 is 5.42. The molecule has 1 saturated heterocycles. The Morgan fingerprint density at radius 2 is 2.50 bits per heavy atom. The third kappa shape index (κ3) is 3.21. The third-order valence-electron chi connectivity index (χ3n) is 3.14. The molecule has 1 atom stereocenters. The predicted octanol–water partition coefficient (Wildman–Crippen LogP) is 2.23. The Kier molecular flexibility index (Phi) is 4.55. The van der Waals surface area contributed by atoms with Crippen LogP contribution in [0.2, 0.25) is 5.02 Å². The van der Waals surface area contributed by atoms with Crippen LogP contribution in [0.5, 0.6) is 0 Å². The second-order valence-electron chi connectivity index (χ2n) is 4.62. The molecule has 18 heavy (non-hydrogen) atoms. The highest BCUT2D eigenvalue weighted by Gasteiger charge is 2.20. The molecule has 1 aromatic rings. The Labute approximate surface area is 112 Å². The average Bonchev–Trinajstić information content (AvgIpc) is 2.39. The highest BCUT2D eigenvalue weighted by atomic mass is 35.5. The molecule has 0 aromatic carbocycles. The van der Waals surface area contributed by atoms with E-state index in [4.69, 9.17) is 16.3 Å². The minimum absolute atomic E-state index is 0.0621. The van der Waals surface area contributed by atoms with Crippen molar-refractivity contribution < 1.29 is 9.53 Å². The molecule has 0 aliphatic carbocycles. The van der Waals surface area contributed by atoms with Gasteiger partial charge in [0, 0.05) is 32.6 Å². The molecule has 1 fully saturated rings. The first-order chi connectivity index (χ1) is 8.68. The number of hydrogen-bond acceptors (Lipinski definition) is 3. The topological polar surface area (TPSA) is 42.4 Å². The van der Waals surface area contributed by atoms with E-state index >= 15 is 0 Å². The lowest BCUT2D eigenvalue weighted by Crippen LogP contribution is -2.35. The largest absolute Gasteiger partial charge is 0.381 e. The van der Waals surface area contributed by atoms with Gasteiger partial charge in [0.15, 0.2) is 0 Å². The van der Waals surface area contributed by atoms with Gasteiger partial charge in [0.25, 0.3) is 5.91 Å². The van der Waals surface area contributed by atoms with Gasteiger partial charge in [-0.2, -0.15) is 0 Å². The van der Waals surface area contributed by atoms with Crippen molar-refractivity contribution in [2.24, 2.45) is 5.92 Å². The van der Waals surface area contributed by atoms with Gasteiger partial charge in [-0.15, -0.1) is 0 Å². The summed E-state index contributed by atoms with van der Waals surface area (Å²) in [6.45, 7) is 2.28. The van der Waals surface area contributed by atoms with E-state index in [0.29, 0.717) is 23.0 Å². The quantitative estimate of drug-likeness (QED) is 0.844. The molecule has 5 heteroatoms. The molecule has 1 aliphatic heterocycles. The predicted molar refractivity (Wildman–Crippen MR) is 69.8 cm³/mol. The number of carbonyl (C=O) groups is 1. The van der Waals surface area contributed by atoms with E-state index in [1.54, 1.807) is 24.2 Å². The van der Waals surface area contributed by atoms with E-state index in [9.17, 15) is 4.79 Å². The Bertz CT molecular complexity index is 419. The molecule has 2 heterocycles. The van der Waals surface area contributed by atoms with Crippen LogP contribution >= 0.6 is 11.6 Å². The van der Waals surface area contributed by atoms with Crippen LogP contribution in [0.15, 0.2) is 18.5 Å². The number of carbonyl (C=O) groups excluding carboxylic acids is 1. The van der Waals surface area contributed by atoms with Crippen molar-refractivity contribution in [2.45, 2.75) is 12.8 Å². The zero-order valence-electron chi connectivity index (χ0n) is 10.4. The molecular formula is C13H17ClN2O2. The first-order valence-electron chi connectivity index (χ1n) is 6.11. The summed E-state index contributed by atoms with van der Waals surface area (Å²) in [7, 11) is 1.80. The lowest BCUT2D eigenvalue weighted by molar-refractivity contribution is 0.0388. The highest BCUT2D eigenvalue weighted by molar-refractivity contribution is 6.33. The van der Waals surface area contributed by atoms with Crippen LogP contribution in [0.3, 0.4) is 0 Å². The Morgan fingerprint density at radius 1 is 1.67 bits per heavy atom. The third-order valence-corrected chi connectivity index (χ3v) is 3.44. The summed E-state index contributed by atoms with van der Waals surface area (Å²) in [6, 6.07) is 1.65. The summed E-state index contributed by atoms with van der Waals surface area (Å²) in [5, 5.41) is 0.397. The van der Waals surface area contributed by atoms with Crippen molar-refractivity contribution in [3.63, 3.8) is 0 Å². The number of nitrogens with zero attached hydrogens (tertiary/aromatic N) is 2. The van der Waals surface area contributed by atoms with E-state index in [1.807, 2.05) is 0 Å². The molecule has 1 aliphatic rings. The van der Waals surface area contributed by atoms with Gasteiger partial charge in [0.05, 0.1) is 17.2 Å². The van der Waals surface area contributed by atoms with Gasteiger partial charge >= 0.3 is 0 Å². The van der Waals surface area contributed by atoms with Crippen molar-refractivity contribution >= 4 is 17.5 Å². The number of aromatic nitrogens is 1. The summed E-state index contributed by atoms with van der Waals surface area (Å²) in [5.41, 5.74) is 0.505. The van der Waals surface area contributed by atoms with Crippen LogP contribution in [0.4, 0.5) is 0 Å². The standard InChI is InChI=1S/C13H17ClN2O2/c1-16(8-10-3-2-6-18-9-10)13(17)11-4-5-15-7-12(11)14/h4-5,7,10H,2-3,6,8-9H2,1H3. The zero-order valence-corrected chi connectivity index (χ0v) is 11.2. The molecule has 4 nitrogen and oxygen atoms in total. The molecule has 1 aromatic heterocycles. The van der Waals surface area contributed by atoms with Crippen molar-refractivity contribution in [1.82, 2.24) is 9.88 Å². The average molecular weight is 269 g/mol. The Balaban J connectivity index is 1.98. The molecule has 0 bridgehead atoms. The van der Waals surface area contributed by atoms with Crippen LogP contribution in [0.1, 0.15) is 23.2 Å². The van der Waals surface area contributed by atoms with Crippen LogP contribution in [-0.4, -0.2) is 42.6 Å². The second kappa shape index (κ2) is 6.16. The van der Waals surface area contributed by atoms with Gasteiger partial charge in [0.1, 0.15) is 0 Å². The normalized spacial score (nSPS) is 19.6. The van der Waals surface area contributed by atoms with E-state index in [1.165, 1.54) is 6.20 Å². The van der Waals surface area contributed by atoms with Gasteiger partial charge in [0.2, 0.25) is 0 Å². The lowest BCUT2D eigenvalue weighted by atomic mass is 10.0. The molecule has 0 N–H and O–H groups in total. The summed E-state index contributed by atoms with van der Waals surface area (Å²) in [6.07, 6.45) is 5.26. The van der Waals surface area contributed by atoms with Gasteiger partial charge < -0.3 is 9.64 Å². The van der Waals surface area contributed by atoms with Crippen LogP contribution in [-0.2, 0) is 4.74 Å². The molecule has 1 unspecified atom stereocenters. The Hall–Kier alpha value is -1.13. The summed E-state index contributed by atoms with van der Waals surface area (Å²) in [4.78, 5) is 17.8. The van der Waals surface area contributed by atoms with Crippen LogP contribution in [0.25, 0.3) is 0 Å². The van der Waals surface area contributed by atoms with E-state index in [2.05, 4.69) is 4.98 Å². The summed E-state index contributed by atoms with van der Waals surface area (Å²) in [5.74, 6) is 0.362. The first-order valence-corrected chi connectivity index (χ1v) is 6.49. The summed E-state index contributed by atoms with van der Waals surface area (Å²) >= 11 is 5.97. The van der Waals surface area contributed by atoms with E-state index in [0.717, 1.165) is 26.1 Å². The molecule has 0 radical (unpaired) electrons. The molecule has 0 saturated carbocycles. The minimum atomic E-state index is -0.0621. The van der Waals surface area contributed by atoms with Crippen molar-refractivity contribution in [3.05, 3.63) is 29.0 Å². The maximum Gasteiger partial charge on any atom is 0.255 e. The Morgan fingerprint density at radius 3 is 3.17 bits per heavy atom. The number of hydrogen-bond donors (Lipinski definition) is 0. The fourth-order valence-electron chi connectivity index (χ4n) is 2.18. The molecule has 2 rings (SSSR count). The second-order valence-corrected chi connectivity index (χ2v) is 5.03. The van der Waals surface area contributed by atoms with Gasteiger partial charge in [-0.1, -0.05) is 11.6 Å². The van der Waals surface area contributed by atoms with Crippen LogP contribution in [0, 0.1) is 5.92 Å². The molecular weight excluding hydrogens is 252 g/mol.